The molecule has 3 aliphatic rings. The molecule has 2 aliphatic heterocycles. The molecule has 5 heterocycles. The van der Waals surface area contributed by atoms with Gasteiger partial charge in [0.25, 0.3) is 0 Å². The van der Waals surface area contributed by atoms with E-state index in [9.17, 15) is 8.42 Å². The molecule has 1 aliphatic carbocycles. The van der Waals surface area contributed by atoms with E-state index in [2.05, 4.69) is 14.9 Å². The van der Waals surface area contributed by atoms with Gasteiger partial charge in [-0.3, -0.25) is 0 Å². The molecule has 0 radical (unpaired) electrons. The molecule has 1 N–H and O–H groups in total. The summed E-state index contributed by atoms with van der Waals surface area (Å²) in [5, 5.41) is 0.899. The highest BCUT2D eigenvalue weighted by molar-refractivity contribution is 7.91. The lowest BCUT2D eigenvalue weighted by Crippen LogP contribution is -2.52. The highest BCUT2D eigenvalue weighted by Gasteiger charge is 2.49. The molecule has 10 heteroatoms. The van der Waals surface area contributed by atoms with E-state index < -0.39 is 14.6 Å². The largest absolute Gasteiger partial charge is 0.486 e. The maximum Gasteiger partial charge on any atom is 0.185 e. The van der Waals surface area contributed by atoms with Crippen LogP contribution >= 0.6 is 0 Å². The molecule has 1 atom stereocenters. The normalized spacial score (nSPS) is 22.5. The zero-order chi connectivity index (χ0) is 22.6. The summed E-state index contributed by atoms with van der Waals surface area (Å²) in [6.45, 7) is 2.26. The predicted octanol–water partition coefficient (Wildman–Crippen LogP) is 2.82. The van der Waals surface area contributed by atoms with Crippen LogP contribution in [-0.2, 0) is 19.3 Å². The van der Waals surface area contributed by atoms with E-state index in [4.69, 9.17) is 19.4 Å². The lowest BCUT2D eigenvalue weighted by Gasteiger charge is -2.43. The molecule has 3 aromatic rings. The molecule has 0 aromatic carbocycles. The predicted molar refractivity (Wildman–Crippen MR) is 124 cm³/mol. The summed E-state index contributed by atoms with van der Waals surface area (Å²) in [5.74, 6) is 1.69. The van der Waals surface area contributed by atoms with Gasteiger partial charge in [-0.05, 0) is 25.0 Å². The number of morpholine rings is 1. The van der Waals surface area contributed by atoms with Crippen LogP contribution < -0.4 is 9.64 Å². The zero-order valence-electron chi connectivity index (χ0n) is 18.6. The minimum Gasteiger partial charge on any atom is -0.486 e. The van der Waals surface area contributed by atoms with E-state index in [1.807, 2.05) is 18.3 Å². The van der Waals surface area contributed by atoms with E-state index >= 15 is 0 Å². The third-order valence-corrected chi connectivity index (χ3v) is 9.29. The van der Waals surface area contributed by atoms with Gasteiger partial charge >= 0.3 is 0 Å². The average molecular weight is 470 g/mol. The Morgan fingerprint density at radius 3 is 2.82 bits per heavy atom. The number of fused-ring (bicyclic) bond motifs is 4. The number of ether oxygens (including phenoxy) is 2. The van der Waals surface area contributed by atoms with Gasteiger partial charge in [-0.15, -0.1) is 0 Å². The van der Waals surface area contributed by atoms with Crippen molar-refractivity contribution < 1.29 is 17.9 Å². The fourth-order valence-corrected chi connectivity index (χ4v) is 7.03. The summed E-state index contributed by atoms with van der Waals surface area (Å²) in [5.41, 5.74) is 2.07. The van der Waals surface area contributed by atoms with Crippen LogP contribution in [0.25, 0.3) is 22.4 Å². The summed E-state index contributed by atoms with van der Waals surface area (Å²) < 4.78 is 37.5. The Hall–Kier alpha value is -2.72. The average Bonchev–Trinajstić information content (AvgIpc) is 3.32. The second-order valence-electron chi connectivity index (χ2n) is 9.21. The SMILES string of the molecule is CS(=O)(=O)C1(c2nc(-c3ccnc4[nH]ccc34)nc3c2OC[C@@H]2COCCN32)CCCCC1. The Morgan fingerprint density at radius 1 is 1.15 bits per heavy atom. The fourth-order valence-electron chi connectivity index (χ4n) is 5.51. The summed E-state index contributed by atoms with van der Waals surface area (Å²) in [4.78, 5) is 19.7. The summed E-state index contributed by atoms with van der Waals surface area (Å²) in [6, 6.07) is 3.88. The molecule has 9 nitrogen and oxygen atoms in total. The number of nitrogens with zero attached hydrogens (tertiary/aromatic N) is 4. The van der Waals surface area contributed by atoms with Crippen LogP contribution in [0.15, 0.2) is 24.5 Å². The number of sulfone groups is 1. The smallest absolute Gasteiger partial charge is 0.185 e. The Morgan fingerprint density at radius 2 is 2.00 bits per heavy atom. The number of aromatic amines is 1. The maximum atomic E-state index is 13.3. The van der Waals surface area contributed by atoms with Crippen LogP contribution in [0.2, 0.25) is 0 Å². The number of hydrogen-bond acceptors (Lipinski definition) is 8. The molecular formula is C23H27N5O4S. The second kappa shape index (κ2) is 7.66. The molecule has 0 unspecified atom stereocenters. The Kier molecular flexibility index (Phi) is 4.84. The number of pyridine rings is 1. The highest BCUT2D eigenvalue weighted by atomic mass is 32.2. The first-order valence-corrected chi connectivity index (χ1v) is 13.4. The van der Waals surface area contributed by atoms with Crippen molar-refractivity contribution >= 4 is 26.7 Å². The van der Waals surface area contributed by atoms with Crippen LogP contribution in [0.5, 0.6) is 5.75 Å². The summed E-state index contributed by atoms with van der Waals surface area (Å²) in [7, 11) is -3.47. The van der Waals surface area contributed by atoms with Crippen molar-refractivity contribution in [3.63, 3.8) is 0 Å². The molecule has 1 saturated carbocycles. The molecule has 0 spiro atoms. The molecular weight excluding hydrogens is 442 g/mol. The van der Waals surface area contributed by atoms with Crippen LogP contribution in [0.3, 0.4) is 0 Å². The van der Waals surface area contributed by atoms with E-state index in [-0.39, 0.29) is 6.04 Å². The topological polar surface area (TPSA) is 110 Å². The first-order valence-electron chi connectivity index (χ1n) is 11.5. The quantitative estimate of drug-likeness (QED) is 0.624. The monoisotopic (exact) mass is 469 g/mol. The lowest BCUT2D eigenvalue weighted by molar-refractivity contribution is 0.0689. The molecule has 3 aromatic heterocycles. The third kappa shape index (κ3) is 3.22. The fraction of sp³-hybridized carbons (Fsp3) is 0.522. The minimum absolute atomic E-state index is 0.0482. The van der Waals surface area contributed by atoms with E-state index in [0.29, 0.717) is 62.3 Å². The van der Waals surface area contributed by atoms with Crippen molar-refractivity contribution in [2.24, 2.45) is 0 Å². The molecule has 6 rings (SSSR count). The number of aromatic nitrogens is 4. The number of anilines is 1. The van der Waals surface area contributed by atoms with Crippen molar-refractivity contribution in [3.8, 4) is 17.1 Å². The highest BCUT2D eigenvalue weighted by Crippen LogP contribution is 2.50. The zero-order valence-corrected chi connectivity index (χ0v) is 19.4. The van der Waals surface area contributed by atoms with Gasteiger partial charge in [0.1, 0.15) is 22.7 Å². The lowest BCUT2D eigenvalue weighted by atomic mass is 9.85. The third-order valence-electron chi connectivity index (χ3n) is 7.27. The van der Waals surface area contributed by atoms with Gasteiger partial charge in [-0.1, -0.05) is 19.3 Å². The molecule has 33 heavy (non-hydrogen) atoms. The molecule has 0 amide bonds. The van der Waals surface area contributed by atoms with Gasteiger partial charge in [0, 0.05) is 36.1 Å². The van der Waals surface area contributed by atoms with Crippen molar-refractivity contribution in [2.45, 2.75) is 42.9 Å². The first kappa shape index (κ1) is 20.9. The molecule has 2 fully saturated rings. The van der Waals surface area contributed by atoms with Crippen molar-refractivity contribution in [1.29, 1.82) is 0 Å². The van der Waals surface area contributed by atoms with Gasteiger partial charge in [0.15, 0.2) is 27.2 Å². The van der Waals surface area contributed by atoms with Crippen LogP contribution in [0, 0.1) is 0 Å². The summed E-state index contributed by atoms with van der Waals surface area (Å²) in [6.07, 6.45) is 8.69. The van der Waals surface area contributed by atoms with Gasteiger partial charge in [0.05, 0.1) is 19.3 Å². The Labute approximate surface area is 192 Å². The van der Waals surface area contributed by atoms with Crippen molar-refractivity contribution in [2.75, 3.05) is 37.5 Å². The van der Waals surface area contributed by atoms with Crippen molar-refractivity contribution in [1.82, 2.24) is 19.9 Å². The van der Waals surface area contributed by atoms with Gasteiger partial charge in [-0.25, -0.2) is 23.4 Å². The number of hydrogen-bond donors (Lipinski definition) is 1. The van der Waals surface area contributed by atoms with Gasteiger partial charge in [-0.2, -0.15) is 0 Å². The standard InChI is InChI=1S/C23H27N5O4S/c1-33(29,30)23(7-3-2-4-8-23)19-18-22(28-11-12-31-13-15(28)14-32-18)27-21(26-19)17-6-10-25-20-16(17)5-9-24-20/h5-6,9-10,15H,2-4,7-8,11-14H2,1H3,(H,24,25)/t15-/m0/s1. The Balaban J connectivity index is 1.64. The number of H-pyrrole nitrogens is 1. The van der Waals surface area contributed by atoms with E-state index in [1.54, 1.807) is 6.20 Å². The van der Waals surface area contributed by atoms with Gasteiger partial charge in [0.2, 0.25) is 0 Å². The van der Waals surface area contributed by atoms with Crippen LogP contribution in [0.4, 0.5) is 5.82 Å². The second-order valence-corrected chi connectivity index (χ2v) is 11.5. The molecule has 1 saturated heterocycles. The van der Waals surface area contributed by atoms with Gasteiger partial charge < -0.3 is 19.4 Å². The van der Waals surface area contributed by atoms with E-state index in [1.165, 1.54) is 6.26 Å². The Bertz CT molecular complexity index is 1320. The number of nitrogens with one attached hydrogen (secondary N) is 1. The van der Waals surface area contributed by atoms with E-state index in [0.717, 1.165) is 35.9 Å². The van der Waals surface area contributed by atoms with Crippen LogP contribution in [-0.4, -0.2) is 67.0 Å². The number of rotatable bonds is 3. The maximum absolute atomic E-state index is 13.3. The van der Waals surface area contributed by atoms with Crippen molar-refractivity contribution in [3.05, 3.63) is 30.2 Å². The van der Waals surface area contributed by atoms with Crippen LogP contribution in [0.1, 0.15) is 37.8 Å². The molecule has 0 bridgehead atoms. The first-order chi connectivity index (χ1) is 16.0. The summed E-state index contributed by atoms with van der Waals surface area (Å²) >= 11 is 0. The molecule has 174 valence electrons. The minimum atomic E-state index is -3.47.